The zero-order chi connectivity index (χ0) is 15.9. The number of aromatic nitrogens is 1. The Balaban J connectivity index is 1.45. The number of hydrogen-bond acceptors (Lipinski definition) is 4. The first kappa shape index (κ1) is 15.4. The lowest BCUT2D eigenvalue weighted by Crippen LogP contribution is -2.03. The van der Waals surface area contributed by atoms with E-state index in [4.69, 9.17) is 4.74 Å². The van der Waals surface area contributed by atoms with Gasteiger partial charge in [-0.3, -0.25) is 0 Å². The van der Waals surface area contributed by atoms with Crippen LogP contribution in [0.1, 0.15) is 17.0 Å². The molecule has 0 aliphatic heterocycles. The first-order chi connectivity index (χ1) is 11.3. The maximum Gasteiger partial charge on any atom is 0.330 e. The zero-order valence-corrected chi connectivity index (χ0v) is 13.5. The summed E-state index contributed by atoms with van der Waals surface area (Å²) in [5.74, 6) is -0.322. The molecule has 0 atom stereocenters. The highest BCUT2D eigenvalue weighted by Gasteiger charge is 2.02. The SMILES string of the molecule is O=C(/C=C/c1nc2ccccc2s1)OCCCc1ccccc1. The minimum absolute atomic E-state index is 0.322. The van der Waals surface area contributed by atoms with Crippen LogP contribution in [0, 0.1) is 0 Å². The van der Waals surface area contributed by atoms with Gasteiger partial charge in [0.15, 0.2) is 0 Å². The third-order valence-electron chi connectivity index (χ3n) is 3.37. The van der Waals surface area contributed by atoms with Crippen LogP contribution < -0.4 is 0 Å². The molecule has 0 amide bonds. The monoisotopic (exact) mass is 323 g/mol. The maximum absolute atomic E-state index is 11.7. The fourth-order valence-electron chi connectivity index (χ4n) is 2.24. The molecule has 3 nitrogen and oxygen atoms in total. The summed E-state index contributed by atoms with van der Waals surface area (Å²) in [6, 6.07) is 18.1. The number of ether oxygens (including phenoxy) is 1. The van der Waals surface area contributed by atoms with Crippen LogP contribution in [0.3, 0.4) is 0 Å². The van der Waals surface area contributed by atoms with E-state index in [0.29, 0.717) is 6.61 Å². The van der Waals surface area contributed by atoms with Gasteiger partial charge in [0.05, 0.1) is 16.8 Å². The molecule has 0 bridgehead atoms. The Morgan fingerprint density at radius 1 is 1.09 bits per heavy atom. The van der Waals surface area contributed by atoms with E-state index in [1.807, 2.05) is 42.5 Å². The molecule has 0 aliphatic rings. The fraction of sp³-hybridized carbons (Fsp3) is 0.158. The number of esters is 1. The average molecular weight is 323 g/mol. The summed E-state index contributed by atoms with van der Waals surface area (Å²) >= 11 is 1.56. The van der Waals surface area contributed by atoms with E-state index in [-0.39, 0.29) is 5.97 Å². The van der Waals surface area contributed by atoms with E-state index in [2.05, 4.69) is 17.1 Å². The summed E-state index contributed by atoms with van der Waals surface area (Å²) in [6.07, 6.45) is 4.89. The Morgan fingerprint density at radius 2 is 1.87 bits per heavy atom. The third kappa shape index (κ3) is 4.50. The van der Waals surface area contributed by atoms with Crippen molar-refractivity contribution in [1.29, 1.82) is 0 Å². The number of carbonyl (C=O) groups excluding carboxylic acids is 1. The van der Waals surface area contributed by atoms with Gasteiger partial charge >= 0.3 is 5.97 Å². The number of fused-ring (bicyclic) bond motifs is 1. The molecule has 0 unspecified atom stereocenters. The van der Waals surface area contributed by atoms with Gasteiger partial charge in [-0.05, 0) is 36.6 Å². The van der Waals surface area contributed by atoms with Crippen LogP contribution in [0.4, 0.5) is 0 Å². The standard InChI is InChI=1S/C19H17NO2S/c21-19(22-14-6-9-15-7-2-1-3-8-15)13-12-18-20-16-10-4-5-11-17(16)23-18/h1-5,7-8,10-13H,6,9,14H2/b13-12+. The van der Waals surface area contributed by atoms with Crippen LogP contribution in [0.2, 0.25) is 0 Å². The molecular weight excluding hydrogens is 306 g/mol. The fourth-order valence-corrected chi connectivity index (χ4v) is 3.11. The van der Waals surface area contributed by atoms with Crippen molar-refractivity contribution < 1.29 is 9.53 Å². The van der Waals surface area contributed by atoms with Crippen molar-refractivity contribution >= 4 is 33.6 Å². The number of benzene rings is 2. The minimum atomic E-state index is -0.322. The van der Waals surface area contributed by atoms with Gasteiger partial charge in [0.25, 0.3) is 0 Å². The van der Waals surface area contributed by atoms with E-state index in [1.54, 1.807) is 17.4 Å². The smallest absolute Gasteiger partial charge is 0.330 e. The van der Waals surface area contributed by atoms with Crippen LogP contribution in [0.15, 0.2) is 60.7 Å². The number of para-hydroxylation sites is 1. The van der Waals surface area contributed by atoms with Crippen LogP contribution in [-0.2, 0) is 16.0 Å². The summed E-state index contributed by atoms with van der Waals surface area (Å²) in [4.78, 5) is 16.2. The molecule has 0 radical (unpaired) electrons. The van der Waals surface area contributed by atoms with Crippen molar-refractivity contribution in [2.45, 2.75) is 12.8 Å². The highest BCUT2D eigenvalue weighted by atomic mass is 32.1. The maximum atomic E-state index is 11.7. The molecular formula is C19H17NO2S. The number of rotatable bonds is 6. The number of thiazole rings is 1. The molecule has 0 fully saturated rings. The largest absolute Gasteiger partial charge is 0.463 e. The summed E-state index contributed by atoms with van der Waals surface area (Å²) in [7, 11) is 0. The van der Waals surface area contributed by atoms with Crippen molar-refractivity contribution in [3.8, 4) is 0 Å². The number of aryl methyl sites for hydroxylation is 1. The highest BCUT2D eigenvalue weighted by Crippen LogP contribution is 2.22. The molecule has 1 heterocycles. The Bertz CT molecular complexity index is 775. The molecule has 116 valence electrons. The summed E-state index contributed by atoms with van der Waals surface area (Å²) in [5, 5.41) is 0.812. The van der Waals surface area contributed by atoms with Gasteiger partial charge < -0.3 is 4.74 Å². The molecule has 0 N–H and O–H groups in total. The van der Waals surface area contributed by atoms with E-state index < -0.39 is 0 Å². The van der Waals surface area contributed by atoms with E-state index in [9.17, 15) is 4.79 Å². The third-order valence-corrected chi connectivity index (χ3v) is 4.37. The van der Waals surface area contributed by atoms with Crippen molar-refractivity contribution in [2.75, 3.05) is 6.61 Å². The van der Waals surface area contributed by atoms with Gasteiger partial charge in [0.1, 0.15) is 5.01 Å². The van der Waals surface area contributed by atoms with Crippen molar-refractivity contribution in [2.24, 2.45) is 0 Å². The van der Waals surface area contributed by atoms with Crippen LogP contribution >= 0.6 is 11.3 Å². The van der Waals surface area contributed by atoms with Crippen molar-refractivity contribution in [1.82, 2.24) is 4.98 Å². The Labute approximate surface area is 139 Å². The van der Waals surface area contributed by atoms with Gasteiger partial charge in [0, 0.05) is 6.08 Å². The first-order valence-electron chi connectivity index (χ1n) is 7.55. The average Bonchev–Trinajstić information content (AvgIpc) is 3.01. The Hall–Kier alpha value is -2.46. The van der Waals surface area contributed by atoms with Gasteiger partial charge in [0.2, 0.25) is 0 Å². The van der Waals surface area contributed by atoms with Crippen LogP contribution in [0.5, 0.6) is 0 Å². The number of nitrogens with zero attached hydrogens (tertiary/aromatic N) is 1. The molecule has 0 aliphatic carbocycles. The summed E-state index contributed by atoms with van der Waals surface area (Å²) < 4.78 is 6.32. The highest BCUT2D eigenvalue weighted by molar-refractivity contribution is 7.19. The van der Waals surface area contributed by atoms with Crippen molar-refractivity contribution in [3.63, 3.8) is 0 Å². The molecule has 0 saturated heterocycles. The van der Waals surface area contributed by atoms with Gasteiger partial charge in [-0.1, -0.05) is 42.5 Å². The predicted molar refractivity (Wildman–Crippen MR) is 94.4 cm³/mol. The Morgan fingerprint density at radius 3 is 2.70 bits per heavy atom. The number of hydrogen-bond donors (Lipinski definition) is 0. The second kappa shape index (κ2) is 7.70. The zero-order valence-electron chi connectivity index (χ0n) is 12.6. The normalized spacial score (nSPS) is 11.1. The first-order valence-corrected chi connectivity index (χ1v) is 8.37. The second-order valence-corrected chi connectivity index (χ2v) is 6.17. The molecule has 3 rings (SSSR count). The molecule has 3 aromatic rings. The lowest BCUT2D eigenvalue weighted by Gasteiger charge is -2.02. The summed E-state index contributed by atoms with van der Waals surface area (Å²) in [6.45, 7) is 0.428. The lowest BCUT2D eigenvalue weighted by molar-refractivity contribution is -0.137. The number of carbonyl (C=O) groups is 1. The predicted octanol–water partition coefficient (Wildman–Crippen LogP) is 4.49. The topological polar surface area (TPSA) is 39.2 Å². The van der Waals surface area contributed by atoms with E-state index in [0.717, 1.165) is 28.1 Å². The molecule has 23 heavy (non-hydrogen) atoms. The van der Waals surface area contributed by atoms with Crippen molar-refractivity contribution in [3.05, 3.63) is 71.2 Å². The molecule has 1 aromatic heterocycles. The minimum Gasteiger partial charge on any atom is -0.463 e. The quantitative estimate of drug-likeness (QED) is 0.381. The molecule has 2 aromatic carbocycles. The van der Waals surface area contributed by atoms with Gasteiger partial charge in [-0.2, -0.15) is 0 Å². The molecule has 4 heteroatoms. The molecule has 0 saturated carbocycles. The van der Waals surface area contributed by atoms with Gasteiger partial charge in [-0.15, -0.1) is 11.3 Å². The molecule has 0 spiro atoms. The Kier molecular flexibility index (Phi) is 5.17. The van der Waals surface area contributed by atoms with E-state index in [1.165, 1.54) is 11.6 Å². The summed E-state index contributed by atoms with van der Waals surface area (Å²) in [5.41, 5.74) is 2.21. The van der Waals surface area contributed by atoms with E-state index >= 15 is 0 Å². The van der Waals surface area contributed by atoms with Crippen LogP contribution in [-0.4, -0.2) is 17.6 Å². The lowest BCUT2D eigenvalue weighted by atomic mass is 10.1. The second-order valence-electron chi connectivity index (χ2n) is 5.11. The van der Waals surface area contributed by atoms with Gasteiger partial charge in [-0.25, -0.2) is 9.78 Å². The van der Waals surface area contributed by atoms with Crippen LogP contribution in [0.25, 0.3) is 16.3 Å².